The Morgan fingerprint density at radius 2 is 1.62 bits per heavy atom. The minimum absolute atomic E-state index is 0.171. The van der Waals surface area contributed by atoms with E-state index in [0.29, 0.717) is 11.8 Å². The number of aliphatic carboxylic acids is 3. The Morgan fingerprint density at radius 3 is 2.03 bits per heavy atom. The van der Waals surface area contributed by atoms with Gasteiger partial charge in [-0.3, -0.25) is 34.0 Å². The molecule has 8 N–H and O–H groups in total. The number of carbonyl (C=O) groups is 6. The van der Waals surface area contributed by atoms with Gasteiger partial charge in [-0.2, -0.15) is 0 Å². The van der Waals surface area contributed by atoms with Gasteiger partial charge in [-0.15, -0.1) is 0 Å². The molecule has 0 fully saturated rings. The van der Waals surface area contributed by atoms with E-state index >= 15 is 0 Å². The van der Waals surface area contributed by atoms with Crippen LogP contribution in [0.5, 0.6) is 0 Å². The third kappa shape index (κ3) is 17.0. The van der Waals surface area contributed by atoms with Crippen molar-refractivity contribution in [2.24, 2.45) is 5.73 Å². The van der Waals surface area contributed by atoms with Crippen molar-refractivity contribution in [2.75, 3.05) is 19.3 Å². The van der Waals surface area contributed by atoms with Crippen LogP contribution in [0.2, 0.25) is 0 Å². The highest BCUT2D eigenvalue weighted by atomic mass is 32.2. The van der Waals surface area contributed by atoms with Gasteiger partial charge in [-0.05, 0) is 6.42 Å². The zero-order chi connectivity index (χ0) is 23.1. The minimum Gasteiger partial charge on any atom is -0.481 e. The van der Waals surface area contributed by atoms with Crippen LogP contribution in [0.1, 0.15) is 19.8 Å². The lowest BCUT2D eigenvalue weighted by Crippen LogP contribution is -2.49. The molecule has 0 aliphatic rings. The van der Waals surface area contributed by atoms with Crippen molar-refractivity contribution in [1.29, 1.82) is 0 Å². The molecular formula is C14H24N4O10S. The molecule has 2 unspecified atom stereocenters. The van der Waals surface area contributed by atoms with Crippen molar-refractivity contribution in [1.82, 2.24) is 15.7 Å². The van der Waals surface area contributed by atoms with Crippen LogP contribution < -0.4 is 16.4 Å². The first-order chi connectivity index (χ1) is 13.3. The fraction of sp³-hybridized carbons (Fsp3) is 0.571. The summed E-state index contributed by atoms with van der Waals surface area (Å²) >= 11 is 0.522. The van der Waals surface area contributed by atoms with E-state index in [1.165, 1.54) is 0 Å². The van der Waals surface area contributed by atoms with Crippen molar-refractivity contribution in [3.8, 4) is 0 Å². The Bertz CT molecular complexity index is 609. The van der Waals surface area contributed by atoms with Gasteiger partial charge in [0.15, 0.2) is 0 Å². The number of carboxylic acid groups (broad SMARTS) is 3. The molecule has 14 nitrogen and oxygen atoms in total. The molecule has 0 aromatic heterocycles. The first-order valence-corrected chi connectivity index (χ1v) is 8.82. The largest absolute Gasteiger partial charge is 0.481 e. The maximum atomic E-state index is 11.9. The number of carboxylic acids is 3. The fourth-order valence-corrected chi connectivity index (χ4v) is 2.12. The number of nitrogens with two attached hydrogens (primary N) is 1. The molecule has 0 aromatic carbocycles. The molecule has 0 saturated heterocycles. The number of nitrogens with one attached hydrogen (secondary N) is 2. The summed E-state index contributed by atoms with van der Waals surface area (Å²) in [4.78, 5) is 65.1. The first kappa shape index (κ1) is 28.3. The number of rotatable bonds is 10. The summed E-state index contributed by atoms with van der Waals surface area (Å²) in [6, 6.07) is -2.51. The lowest BCUT2D eigenvalue weighted by Gasteiger charge is -2.18. The summed E-state index contributed by atoms with van der Waals surface area (Å²) in [6.07, 6.45) is -0.454. The second kappa shape index (κ2) is 15.1. The van der Waals surface area contributed by atoms with Gasteiger partial charge >= 0.3 is 17.2 Å². The molecule has 0 rings (SSSR count). The van der Waals surface area contributed by atoms with Crippen molar-refractivity contribution in [3.63, 3.8) is 0 Å². The van der Waals surface area contributed by atoms with Crippen molar-refractivity contribution < 1.29 is 49.3 Å². The number of hydroxylamine groups is 2. The van der Waals surface area contributed by atoms with Gasteiger partial charge in [-0.1, -0.05) is 11.8 Å². The molecule has 166 valence electrons. The van der Waals surface area contributed by atoms with E-state index in [0.717, 1.165) is 14.0 Å². The van der Waals surface area contributed by atoms with E-state index in [2.05, 4.69) is 10.6 Å². The van der Waals surface area contributed by atoms with Gasteiger partial charge < -0.3 is 31.7 Å². The fourth-order valence-electron chi connectivity index (χ4n) is 1.39. The highest BCUT2D eigenvalue weighted by molar-refractivity contribution is 8.13. The predicted octanol–water partition coefficient (Wildman–Crippen LogP) is -1.87. The Labute approximate surface area is 169 Å². The van der Waals surface area contributed by atoms with Crippen LogP contribution in [-0.4, -0.2) is 92.0 Å². The van der Waals surface area contributed by atoms with E-state index in [4.69, 9.17) is 31.1 Å². The van der Waals surface area contributed by atoms with Crippen molar-refractivity contribution >= 4 is 46.7 Å². The molecule has 3 amide bonds. The Morgan fingerprint density at radius 1 is 1.10 bits per heavy atom. The zero-order valence-corrected chi connectivity index (χ0v) is 16.5. The highest BCUT2D eigenvalue weighted by Gasteiger charge is 2.24. The average Bonchev–Trinajstić information content (AvgIpc) is 2.59. The second-order valence-electron chi connectivity index (χ2n) is 5.33. The van der Waals surface area contributed by atoms with E-state index in [1.807, 2.05) is 0 Å². The van der Waals surface area contributed by atoms with Crippen molar-refractivity contribution in [2.45, 2.75) is 31.8 Å². The Hall–Kier alpha value is -2.91. The smallest absolute Gasteiger partial charge is 0.322 e. The normalized spacial score (nSPS) is 11.7. The first-order valence-electron chi connectivity index (χ1n) is 7.84. The number of hydrogen-bond acceptors (Lipinski definition) is 9. The molecule has 0 bridgehead atoms. The molecule has 29 heavy (non-hydrogen) atoms. The number of carbonyl (C=O) groups excluding carboxylic acids is 3. The second-order valence-corrected chi connectivity index (χ2v) is 6.31. The van der Waals surface area contributed by atoms with Gasteiger partial charge in [0, 0.05) is 26.1 Å². The number of nitrogens with zero attached hydrogens (tertiary/aromatic N) is 1. The summed E-state index contributed by atoms with van der Waals surface area (Å²) in [6.45, 7) is 0.396. The number of amides is 3. The SMILES string of the molecule is CC(=O)O.CN(O)C(=O)SCC(NC(=O)CCC(N)C(=O)O)C(=O)NCC(=O)O. The van der Waals surface area contributed by atoms with Crippen LogP contribution in [0.3, 0.4) is 0 Å². The topological polar surface area (TPSA) is 237 Å². The monoisotopic (exact) mass is 440 g/mol. The maximum Gasteiger partial charge on any atom is 0.322 e. The van der Waals surface area contributed by atoms with Gasteiger partial charge in [-0.25, -0.2) is 5.06 Å². The Balaban J connectivity index is 0. The lowest BCUT2D eigenvalue weighted by atomic mass is 10.1. The summed E-state index contributed by atoms with van der Waals surface area (Å²) in [7, 11) is 1.07. The molecule has 0 spiro atoms. The van der Waals surface area contributed by atoms with Crippen LogP contribution in [0.25, 0.3) is 0 Å². The van der Waals surface area contributed by atoms with Crippen LogP contribution in [0.4, 0.5) is 4.79 Å². The predicted molar refractivity (Wildman–Crippen MR) is 98.1 cm³/mol. The molecule has 15 heteroatoms. The van der Waals surface area contributed by atoms with Gasteiger partial charge in [0.1, 0.15) is 18.6 Å². The van der Waals surface area contributed by atoms with Crippen LogP contribution in [0, 0.1) is 0 Å². The van der Waals surface area contributed by atoms with Crippen LogP contribution >= 0.6 is 11.8 Å². The number of thioether (sulfide) groups is 1. The average molecular weight is 440 g/mol. The Kier molecular flexibility index (Phi) is 14.7. The molecule has 0 saturated carbocycles. The van der Waals surface area contributed by atoms with Gasteiger partial charge in [0.25, 0.3) is 5.97 Å². The van der Waals surface area contributed by atoms with Crippen LogP contribution in [0.15, 0.2) is 0 Å². The van der Waals surface area contributed by atoms with Crippen LogP contribution in [-0.2, 0) is 24.0 Å². The third-order valence-electron chi connectivity index (χ3n) is 2.70. The molecule has 2 atom stereocenters. The minimum atomic E-state index is -1.30. The standard InChI is InChI=1S/C12H20N4O8S.C2H4O2/c1-16(24)12(23)25-5-7(10(20)14-4-9(18)19)15-8(17)3-2-6(13)11(21)22;1-2(3)4/h6-7,24H,2-5,13H2,1H3,(H,14,20)(H,15,17)(H,18,19)(H,21,22);1H3,(H,3,4). The quantitative estimate of drug-likeness (QED) is 0.146. The zero-order valence-electron chi connectivity index (χ0n) is 15.7. The molecule has 0 heterocycles. The lowest BCUT2D eigenvalue weighted by molar-refractivity contribution is -0.139. The molecule has 0 radical (unpaired) electrons. The van der Waals surface area contributed by atoms with Crippen molar-refractivity contribution in [3.05, 3.63) is 0 Å². The maximum absolute atomic E-state index is 11.9. The number of hydrogen-bond donors (Lipinski definition) is 7. The molecule has 0 aliphatic heterocycles. The van der Waals surface area contributed by atoms with Gasteiger partial charge in [0.2, 0.25) is 11.8 Å². The van der Waals surface area contributed by atoms with E-state index in [-0.39, 0.29) is 23.7 Å². The van der Waals surface area contributed by atoms with E-state index in [1.54, 1.807) is 0 Å². The molecular weight excluding hydrogens is 416 g/mol. The van der Waals surface area contributed by atoms with E-state index in [9.17, 15) is 24.0 Å². The summed E-state index contributed by atoms with van der Waals surface area (Å²) in [5.41, 5.74) is 5.26. The highest BCUT2D eigenvalue weighted by Crippen LogP contribution is 2.08. The summed E-state index contributed by atoms with van der Waals surface area (Å²) < 4.78 is 0. The summed E-state index contributed by atoms with van der Waals surface area (Å²) in [5, 5.41) is 37.4. The third-order valence-corrected chi connectivity index (χ3v) is 3.71. The summed E-state index contributed by atoms with van der Waals surface area (Å²) in [5.74, 6) is -5.23. The van der Waals surface area contributed by atoms with Gasteiger partial charge in [0.05, 0.1) is 0 Å². The molecule has 0 aromatic rings. The molecule has 0 aliphatic carbocycles. The van der Waals surface area contributed by atoms with E-state index < -0.39 is 53.6 Å².